The molecule has 2 aromatic carbocycles. The van der Waals surface area contributed by atoms with E-state index in [1.807, 2.05) is 11.8 Å². The molecule has 1 unspecified atom stereocenters. The second-order valence-electron chi connectivity index (χ2n) is 5.90. The Labute approximate surface area is 132 Å². The molecule has 2 aromatic rings. The van der Waals surface area contributed by atoms with Crippen LogP contribution in [0.25, 0.3) is 0 Å². The third kappa shape index (κ3) is 3.69. The van der Waals surface area contributed by atoms with Crippen LogP contribution in [0.15, 0.2) is 52.3 Å². The molecule has 0 aromatic heterocycles. The van der Waals surface area contributed by atoms with E-state index in [1.165, 1.54) is 34.6 Å². The average Bonchev–Trinajstić information content (AvgIpc) is 2.96. The first-order chi connectivity index (χ1) is 10.2. The molecule has 21 heavy (non-hydrogen) atoms. The molecule has 0 heterocycles. The summed E-state index contributed by atoms with van der Waals surface area (Å²) in [6, 6.07) is 16.1. The van der Waals surface area contributed by atoms with Crippen LogP contribution in [-0.4, -0.2) is 6.04 Å². The van der Waals surface area contributed by atoms with Gasteiger partial charge in [-0.05, 0) is 73.1 Å². The third-order valence-corrected chi connectivity index (χ3v) is 5.25. The molecule has 2 N–H and O–H groups in total. The van der Waals surface area contributed by atoms with Gasteiger partial charge in [-0.3, -0.25) is 0 Å². The molecule has 1 nitrogen and oxygen atoms in total. The van der Waals surface area contributed by atoms with Crippen LogP contribution in [0, 0.1) is 0 Å². The number of rotatable bonds is 5. The molecule has 0 amide bonds. The molecule has 0 bridgehead atoms. The summed E-state index contributed by atoms with van der Waals surface area (Å²) in [5.41, 5.74) is 10.4. The van der Waals surface area contributed by atoms with Crippen molar-refractivity contribution in [3.05, 3.63) is 59.2 Å². The number of hydrogen-bond acceptors (Lipinski definition) is 2. The van der Waals surface area contributed by atoms with Gasteiger partial charge in [0.15, 0.2) is 0 Å². The average molecular weight is 297 g/mol. The monoisotopic (exact) mass is 297 g/mol. The second-order valence-corrected chi connectivity index (χ2v) is 7.05. The summed E-state index contributed by atoms with van der Waals surface area (Å²) in [6.45, 7) is 2.14. The maximum Gasteiger partial charge on any atom is 0.0125 e. The molecule has 2 heteroatoms. The summed E-state index contributed by atoms with van der Waals surface area (Å²) in [7, 11) is 0. The fourth-order valence-electron chi connectivity index (χ4n) is 2.89. The van der Waals surface area contributed by atoms with E-state index in [1.54, 1.807) is 11.1 Å². The van der Waals surface area contributed by atoms with E-state index >= 15 is 0 Å². The van der Waals surface area contributed by atoms with Gasteiger partial charge in [-0.1, -0.05) is 36.9 Å². The van der Waals surface area contributed by atoms with Gasteiger partial charge in [0.05, 0.1) is 0 Å². The minimum absolute atomic E-state index is 0.278. The number of fused-ring (bicyclic) bond motifs is 1. The van der Waals surface area contributed by atoms with Crippen molar-refractivity contribution in [2.75, 3.05) is 0 Å². The molecule has 1 aliphatic carbocycles. The van der Waals surface area contributed by atoms with Gasteiger partial charge in [0, 0.05) is 15.8 Å². The van der Waals surface area contributed by atoms with E-state index in [4.69, 9.17) is 5.73 Å². The molecule has 3 rings (SSSR count). The Morgan fingerprint density at radius 1 is 1.00 bits per heavy atom. The van der Waals surface area contributed by atoms with Gasteiger partial charge in [-0.15, -0.1) is 0 Å². The summed E-state index contributed by atoms with van der Waals surface area (Å²) in [4.78, 5) is 2.66. The number of nitrogens with two attached hydrogens (primary N) is 1. The molecule has 1 atom stereocenters. The highest BCUT2D eigenvalue weighted by molar-refractivity contribution is 7.99. The lowest BCUT2D eigenvalue weighted by Crippen LogP contribution is -2.21. The Morgan fingerprint density at radius 2 is 1.71 bits per heavy atom. The smallest absolute Gasteiger partial charge is 0.0125 e. The fraction of sp³-hybridized carbons (Fsp3) is 0.368. The largest absolute Gasteiger partial charge is 0.327 e. The van der Waals surface area contributed by atoms with E-state index in [0.717, 1.165) is 12.8 Å². The Hall–Kier alpha value is -1.25. The van der Waals surface area contributed by atoms with Crippen LogP contribution in [0.4, 0.5) is 0 Å². The molecule has 0 fully saturated rings. The second kappa shape index (κ2) is 6.67. The zero-order valence-corrected chi connectivity index (χ0v) is 13.5. The molecular formula is C19H23NS. The molecule has 0 saturated carbocycles. The first-order valence-corrected chi connectivity index (χ1v) is 8.70. The summed E-state index contributed by atoms with van der Waals surface area (Å²) < 4.78 is 0. The fourth-order valence-corrected chi connectivity index (χ4v) is 3.77. The van der Waals surface area contributed by atoms with Crippen molar-refractivity contribution >= 4 is 11.8 Å². The highest BCUT2D eigenvalue weighted by Gasteiger charge is 2.11. The lowest BCUT2D eigenvalue weighted by Gasteiger charge is -2.09. The van der Waals surface area contributed by atoms with Crippen LogP contribution in [0.1, 0.15) is 36.5 Å². The van der Waals surface area contributed by atoms with E-state index in [0.29, 0.717) is 0 Å². The number of benzene rings is 2. The molecule has 0 aliphatic heterocycles. The molecule has 110 valence electrons. The lowest BCUT2D eigenvalue weighted by molar-refractivity contribution is 0.646. The van der Waals surface area contributed by atoms with Crippen molar-refractivity contribution in [3.63, 3.8) is 0 Å². The van der Waals surface area contributed by atoms with E-state index < -0.39 is 0 Å². The molecule has 0 saturated heterocycles. The highest BCUT2D eigenvalue weighted by atomic mass is 32.2. The van der Waals surface area contributed by atoms with E-state index in [-0.39, 0.29) is 6.04 Å². The Kier molecular flexibility index (Phi) is 4.67. The maximum atomic E-state index is 6.01. The minimum Gasteiger partial charge on any atom is -0.327 e. The zero-order valence-electron chi connectivity index (χ0n) is 12.6. The van der Waals surface area contributed by atoms with Gasteiger partial charge in [-0.25, -0.2) is 0 Å². The van der Waals surface area contributed by atoms with Crippen molar-refractivity contribution < 1.29 is 0 Å². The van der Waals surface area contributed by atoms with Crippen molar-refractivity contribution in [1.29, 1.82) is 0 Å². The van der Waals surface area contributed by atoms with Gasteiger partial charge >= 0.3 is 0 Å². The lowest BCUT2D eigenvalue weighted by atomic mass is 10.1. The van der Waals surface area contributed by atoms with Crippen LogP contribution in [0.3, 0.4) is 0 Å². The van der Waals surface area contributed by atoms with E-state index in [2.05, 4.69) is 49.4 Å². The quantitative estimate of drug-likeness (QED) is 0.872. The maximum absolute atomic E-state index is 6.01. The van der Waals surface area contributed by atoms with Crippen molar-refractivity contribution in [2.24, 2.45) is 5.73 Å². The van der Waals surface area contributed by atoms with Gasteiger partial charge in [0.2, 0.25) is 0 Å². The number of aryl methyl sites for hydroxylation is 2. The van der Waals surface area contributed by atoms with Crippen molar-refractivity contribution in [1.82, 2.24) is 0 Å². The zero-order chi connectivity index (χ0) is 14.7. The first-order valence-electron chi connectivity index (χ1n) is 7.89. The Bertz CT molecular complexity index is 603. The predicted molar refractivity (Wildman–Crippen MR) is 91.0 cm³/mol. The minimum atomic E-state index is 0.278. The summed E-state index contributed by atoms with van der Waals surface area (Å²) in [5.74, 6) is 0. The van der Waals surface area contributed by atoms with Crippen molar-refractivity contribution in [2.45, 2.75) is 54.9 Å². The van der Waals surface area contributed by atoms with Crippen molar-refractivity contribution in [3.8, 4) is 0 Å². The van der Waals surface area contributed by atoms with Crippen LogP contribution >= 0.6 is 11.8 Å². The first kappa shape index (κ1) is 14.7. The van der Waals surface area contributed by atoms with Crippen LogP contribution in [0.2, 0.25) is 0 Å². The molecule has 1 aliphatic rings. The molecule has 0 radical (unpaired) electrons. The highest BCUT2D eigenvalue weighted by Crippen LogP contribution is 2.32. The van der Waals surface area contributed by atoms with Gasteiger partial charge < -0.3 is 5.73 Å². The molecule has 0 spiro atoms. The molecular weight excluding hydrogens is 274 g/mol. The Balaban J connectivity index is 1.67. The summed E-state index contributed by atoms with van der Waals surface area (Å²) in [6.07, 6.45) is 5.83. The Morgan fingerprint density at radius 3 is 2.48 bits per heavy atom. The van der Waals surface area contributed by atoms with Gasteiger partial charge in [-0.2, -0.15) is 0 Å². The van der Waals surface area contributed by atoms with E-state index in [9.17, 15) is 0 Å². The SMILES string of the molecule is CCC(N)Cc1ccc(Sc2ccc3c(c2)CCC3)cc1. The third-order valence-electron chi connectivity index (χ3n) is 4.25. The van der Waals surface area contributed by atoms with Gasteiger partial charge in [0.1, 0.15) is 0 Å². The predicted octanol–water partition coefficient (Wildman–Crippen LogP) is 4.61. The number of hydrogen-bond donors (Lipinski definition) is 1. The normalized spacial score (nSPS) is 15.0. The van der Waals surface area contributed by atoms with Gasteiger partial charge in [0.25, 0.3) is 0 Å². The van der Waals surface area contributed by atoms with Crippen LogP contribution in [0.5, 0.6) is 0 Å². The standard InChI is InChI=1S/C19H23NS/c1-2-17(20)12-14-6-9-18(10-7-14)21-19-11-8-15-4-3-5-16(15)13-19/h6-11,13,17H,2-5,12,20H2,1H3. The summed E-state index contributed by atoms with van der Waals surface area (Å²) in [5, 5.41) is 0. The van der Waals surface area contributed by atoms with Crippen LogP contribution < -0.4 is 5.73 Å². The summed E-state index contributed by atoms with van der Waals surface area (Å²) >= 11 is 1.86. The topological polar surface area (TPSA) is 26.0 Å². The van der Waals surface area contributed by atoms with Crippen LogP contribution in [-0.2, 0) is 19.3 Å².